The highest BCUT2D eigenvalue weighted by molar-refractivity contribution is 5.97. The van der Waals surface area contributed by atoms with Crippen LogP contribution in [0.3, 0.4) is 0 Å². The van der Waals surface area contributed by atoms with Crippen LogP contribution in [0, 0.1) is 5.82 Å². The lowest BCUT2D eigenvalue weighted by molar-refractivity contribution is -0.136. The van der Waals surface area contributed by atoms with Gasteiger partial charge in [-0.25, -0.2) is 4.39 Å². The maximum absolute atomic E-state index is 13.0. The Morgan fingerprint density at radius 2 is 1.88 bits per heavy atom. The minimum Gasteiger partial charge on any atom is -0.364 e. The van der Waals surface area contributed by atoms with Crippen LogP contribution < -0.4 is 11.1 Å². The summed E-state index contributed by atoms with van der Waals surface area (Å²) in [5.41, 5.74) is 5.60. The van der Waals surface area contributed by atoms with Crippen LogP contribution in [0.5, 0.6) is 0 Å². The van der Waals surface area contributed by atoms with Gasteiger partial charge in [-0.15, -0.1) is 0 Å². The molecule has 0 aliphatic carbocycles. The number of ether oxygens (including phenoxy) is 1. The molecule has 1 aliphatic rings. The van der Waals surface area contributed by atoms with Gasteiger partial charge in [0.25, 0.3) is 5.91 Å². The number of carbonyl (C=O) groups is 2. The normalized spacial score (nSPS) is 16.7. The van der Waals surface area contributed by atoms with E-state index in [1.54, 1.807) is 4.90 Å². The molecule has 1 fully saturated rings. The largest absolute Gasteiger partial charge is 0.364 e. The predicted octanol–water partition coefficient (Wildman–Crippen LogP) is -0.369. The third-order valence-corrected chi connectivity index (χ3v) is 3.93. The molecule has 24 heavy (non-hydrogen) atoms. The lowest BCUT2D eigenvalue weighted by atomic mass is 10.1. The molecule has 7 nitrogen and oxygen atoms in total. The van der Waals surface area contributed by atoms with Crippen LogP contribution in [-0.4, -0.2) is 74.2 Å². The molecule has 0 unspecified atom stereocenters. The van der Waals surface area contributed by atoms with Gasteiger partial charge in [0.15, 0.2) is 0 Å². The van der Waals surface area contributed by atoms with Gasteiger partial charge in [-0.2, -0.15) is 0 Å². The van der Waals surface area contributed by atoms with Gasteiger partial charge in [-0.05, 0) is 31.3 Å². The lowest BCUT2D eigenvalue weighted by Crippen LogP contribution is -2.55. The van der Waals surface area contributed by atoms with Gasteiger partial charge in [0.2, 0.25) is 5.91 Å². The molecule has 2 amide bonds. The van der Waals surface area contributed by atoms with Gasteiger partial charge in [-0.3, -0.25) is 9.59 Å². The summed E-state index contributed by atoms with van der Waals surface area (Å²) in [6.07, 6.45) is 0. The highest BCUT2D eigenvalue weighted by Crippen LogP contribution is 2.06. The standard InChI is InChI=1S/C16H23FN4O3/c1-20-6-8-21(9-7-20)16(23)14(10-24-11-18)19-15(22)12-2-4-13(17)5-3-12/h2-5,14H,6-11,18H2,1H3,(H,19,22)/t14-/m0/s1. The first-order chi connectivity index (χ1) is 11.5. The first-order valence-electron chi connectivity index (χ1n) is 7.83. The van der Waals surface area contributed by atoms with E-state index in [9.17, 15) is 14.0 Å². The second-order valence-electron chi connectivity index (χ2n) is 5.70. The molecule has 0 bridgehead atoms. The van der Waals surface area contributed by atoms with E-state index in [2.05, 4.69) is 10.2 Å². The first-order valence-corrected chi connectivity index (χ1v) is 7.83. The summed E-state index contributed by atoms with van der Waals surface area (Å²) >= 11 is 0. The van der Waals surface area contributed by atoms with Crippen LogP contribution in [0.2, 0.25) is 0 Å². The minimum atomic E-state index is -0.825. The number of nitrogens with zero attached hydrogens (tertiary/aromatic N) is 2. The number of amides is 2. The fraction of sp³-hybridized carbons (Fsp3) is 0.500. The maximum Gasteiger partial charge on any atom is 0.251 e. The fourth-order valence-corrected chi connectivity index (χ4v) is 2.45. The van der Waals surface area contributed by atoms with E-state index in [1.807, 2.05) is 7.05 Å². The van der Waals surface area contributed by atoms with Crippen LogP contribution >= 0.6 is 0 Å². The zero-order chi connectivity index (χ0) is 17.5. The van der Waals surface area contributed by atoms with E-state index in [-0.39, 0.29) is 24.8 Å². The van der Waals surface area contributed by atoms with Gasteiger partial charge >= 0.3 is 0 Å². The average molecular weight is 338 g/mol. The van der Waals surface area contributed by atoms with Crippen LogP contribution in [0.25, 0.3) is 0 Å². The number of hydrogen-bond acceptors (Lipinski definition) is 5. The summed E-state index contributed by atoms with van der Waals surface area (Å²) in [5.74, 6) is -1.09. The van der Waals surface area contributed by atoms with Crippen molar-refractivity contribution in [2.24, 2.45) is 5.73 Å². The Labute approximate surface area is 140 Å². The Morgan fingerprint density at radius 3 is 2.46 bits per heavy atom. The smallest absolute Gasteiger partial charge is 0.251 e. The summed E-state index contributed by atoms with van der Waals surface area (Å²) in [5, 5.41) is 2.65. The van der Waals surface area contributed by atoms with Crippen molar-refractivity contribution in [3.8, 4) is 0 Å². The third kappa shape index (κ3) is 4.98. The van der Waals surface area contributed by atoms with Gasteiger partial charge in [0.1, 0.15) is 11.9 Å². The first kappa shape index (κ1) is 18.3. The molecule has 0 saturated carbocycles. The number of hydrogen-bond donors (Lipinski definition) is 2. The van der Waals surface area contributed by atoms with E-state index in [1.165, 1.54) is 24.3 Å². The molecule has 1 aromatic carbocycles. The number of halogens is 1. The molecule has 1 aliphatic heterocycles. The third-order valence-electron chi connectivity index (χ3n) is 3.93. The van der Waals surface area contributed by atoms with E-state index < -0.39 is 17.8 Å². The highest BCUT2D eigenvalue weighted by Gasteiger charge is 2.28. The molecule has 0 radical (unpaired) electrons. The second kappa shape index (κ2) is 8.72. The SMILES string of the molecule is CN1CCN(C(=O)[C@H](COCN)NC(=O)c2ccc(F)cc2)CC1. The molecule has 1 saturated heterocycles. The number of rotatable bonds is 6. The van der Waals surface area contributed by atoms with Crippen molar-refractivity contribution >= 4 is 11.8 Å². The molecule has 3 N–H and O–H groups in total. The zero-order valence-electron chi connectivity index (χ0n) is 13.7. The van der Waals surface area contributed by atoms with Crippen molar-refractivity contribution in [3.63, 3.8) is 0 Å². The topological polar surface area (TPSA) is 87.9 Å². The molecule has 0 aromatic heterocycles. The predicted molar refractivity (Wildman–Crippen MR) is 86.7 cm³/mol. The number of nitrogens with one attached hydrogen (secondary N) is 1. The minimum absolute atomic E-state index is 0.00535. The number of benzene rings is 1. The number of nitrogens with two attached hydrogens (primary N) is 1. The number of carbonyl (C=O) groups excluding carboxylic acids is 2. The number of piperazine rings is 1. The van der Waals surface area contributed by atoms with E-state index in [4.69, 9.17) is 10.5 Å². The average Bonchev–Trinajstić information content (AvgIpc) is 2.59. The summed E-state index contributed by atoms with van der Waals surface area (Å²) in [7, 11) is 1.99. The van der Waals surface area contributed by atoms with Crippen molar-refractivity contribution in [2.75, 3.05) is 46.6 Å². The highest BCUT2D eigenvalue weighted by atomic mass is 19.1. The Bertz CT molecular complexity index is 559. The van der Waals surface area contributed by atoms with Crippen molar-refractivity contribution in [2.45, 2.75) is 6.04 Å². The Balaban J connectivity index is 2.02. The summed E-state index contributed by atoms with van der Waals surface area (Å²) in [6.45, 7) is 2.71. The van der Waals surface area contributed by atoms with Gasteiger partial charge in [0, 0.05) is 31.7 Å². The molecular formula is C16H23FN4O3. The summed E-state index contributed by atoms with van der Waals surface area (Å²) in [4.78, 5) is 28.7. The molecular weight excluding hydrogens is 315 g/mol. The van der Waals surface area contributed by atoms with E-state index >= 15 is 0 Å². The van der Waals surface area contributed by atoms with Gasteiger partial charge in [0.05, 0.1) is 13.3 Å². The summed E-state index contributed by atoms with van der Waals surface area (Å²) in [6, 6.07) is 4.30. The van der Waals surface area contributed by atoms with Gasteiger partial charge in [-0.1, -0.05) is 0 Å². The fourth-order valence-electron chi connectivity index (χ4n) is 2.45. The Hall–Kier alpha value is -2.03. The van der Waals surface area contributed by atoms with Crippen molar-refractivity contribution in [1.29, 1.82) is 0 Å². The van der Waals surface area contributed by atoms with Crippen LogP contribution in [0.1, 0.15) is 10.4 Å². The van der Waals surface area contributed by atoms with Crippen molar-refractivity contribution < 1.29 is 18.7 Å². The maximum atomic E-state index is 13.0. The summed E-state index contributed by atoms with van der Waals surface area (Å²) < 4.78 is 18.1. The molecule has 132 valence electrons. The Morgan fingerprint density at radius 1 is 1.25 bits per heavy atom. The Kier molecular flexibility index (Phi) is 6.65. The van der Waals surface area contributed by atoms with Crippen LogP contribution in [-0.2, 0) is 9.53 Å². The molecule has 0 spiro atoms. The van der Waals surface area contributed by atoms with Crippen molar-refractivity contribution in [1.82, 2.24) is 15.1 Å². The van der Waals surface area contributed by atoms with E-state index in [0.29, 0.717) is 13.1 Å². The molecule has 1 aromatic rings. The molecule has 2 rings (SSSR count). The molecule has 1 heterocycles. The van der Waals surface area contributed by atoms with Crippen LogP contribution in [0.15, 0.2) is 24.3 Å². The van der Waals surface area contributed by atoms with E-state index in [0.717, 1.165) is 13.1 Å². The van der Waals surface area contributed by atoms with Crippen LogP contribution in [0.4, 0.5) is 4.39 Å². The lowest BCUT2D eigenvalue weighted by Gasteiger charge is -2.34. The second-order valence-corrected chi connectivity index (χ2v) is 5.70. The van der Waals surface area contributed by atoms with Crippen molar-refractivity contribution in [3.05, 3.63) is 35.6 Å². The monoisotopic (exact) mass is 338 g/mol. The molecule has 8 heteroatoms. The quantitative estimate of drug-likeness (QED) is 0.691. The van der Waals surface area contributed by atoms with Gasteiger partial charge < -0.3 is 25.6 Å². The molecule has 1 atom stereocenters. The zero-order valence-corrected chi connectivity index (χ0v) is 13.7. The number of likely N-dealkylation sites (N-methyl/N-ethyl adjacent to an activating group) is 1.